The second kappa shape index (κ2) is 7.57. The fourth-order valence-electron chi connectivity index (χ4n) is 2.72. The SMILES string of the molecule is Cc1ccc(-n2ncc3c(NNC(=O)c4cc(Cl)ccc4O)ncnc32)cc1Cl. The van der Waals surface area contributed by atoms with E-state index < -0.39 is 5.91 Å². The van der Waals surface area contributed by atoms with Gasteiger partial charge in [0.15, 0.2) is 11.5 Å². The van der Waals surface area contributed by atoms with Crippen LogP contribution >= 0.6 is 23.2 Å². The molecule has 2 aromatic carbocycles. The number of nitrogens with zero attached hydrogens (tertiary/aromatic N) is 4. The lowest BCUT2D eigenvalue weighted by molar-refractivity contribution is 0.0960. The topological polar surface area (TPSA) is 105 Å². The molecule has 0 saturated carbocycles. The minimum absolute atomic E-state index is 0.0280. The first-order valence-corrected chi connectivity index (χ1v) is 9.20. The first-order chi connectivity index (χ1) is 13.9. The number of aryl methyl sites for hydroxylation is 1. The van der Waals surface area contributed by atoms with E-state index in [0.717, 1.165) is 11.3 Å². The molecule has 8 nitrogen and oxygen atoms in total. The van der Waals surface area contributed by atoms with E-state index in [1.807, 2.05) is 19.1 Å². The highest BCUT2D eigenvalue weighted by Gasteiger charge is 2.15. The van der Waals surface area contributed by atoms with E-state index in [1.165, 1.54) is 24.5 Å². The minimum atomic E-state index is -0.575. The van der Waals surface area contributed by atoms with Gasteiger partial charge in [-0.05, 0) is 42.8 Å². The van der Waals surface area contributed by atoms with Gasteiger partial charge in [0, 0.05) is 10.0 Å². The average Bonchev–Trinajstić information content (AvgIpc) is 3.15. The molecule has 4 rings (SSSR count). The predicted octanol–water partition coefficient (Wildman–Crippen LogP) is 3.89. The molecule has 0 atom stereocenters. The number of hydrogen-bond acceptors (Lipinski definition) is 6. The second-order valence-corrected chi connectivity index (χ2v) is 7.03. The Bertz CT molecular complexity index is 1240. The summed E-state index contributed by atoms with van der Waals surface area (Å²) in [6, 6.07) is 9.76. The van der Waals surface area contributed by atoms with Crippen molar-refractivity contribution in [2.24, 2.45) is 0 Å². The van der Waals surface area contributed by atoms with Gasteiger partial charge in [0.25, 0.3) is 5.91 Å². The summed E-state index contributed by atoms with van der Waals surface area (Å²) >= 11 is 12.1. The van der Waals surface area contributed by atoms with Gasteiger partial charge in [-0.25, -0.2) is 14.6 Å². The van der Waals surface area contributed by atoms with Crippen LogP contribution in [0.5, 0.6) is 5.75 Å². The minimum Gasteiger partial charge on any atom is -0.507 e. The number of benzene rings is 2. The molecule has 0 radical (unpaired) electrons. The van der Waals surface area contributed by atoms with Crippen LogP contribution in [0.25, 0.3) is 16.7 Å². The van der Waals surface area contributed by atoms with E-state index in [2.05, 4.69) is 25.9 Å². The molecule has 1 amide bonds. The zero-order valence-corrected chi connectivity index (χ0v) is 16.5. The summed E-state index contributed by atoms with van der Waals surface area (Å²) in [5, 5.41) is 15.7. The highest BCUT2D eigenvalue weighted by atomic mass is 35.5. The van der Waals surface area contributed by atoms with Crippen molar-refractivity contribution in [1.29, 1.82) is 0 Å². The number of phenolic OH excluding ortho intramolecular Hbond substituents is 1. The molecular weight excluding hydrogens is 415 g/mol. The Morgan fingerprint density at radius 2 is 1.97 bits per heavy atom. The summed E-state index contributed by atoms with van der Waals surface area (Å²) in [6.45, 7) is 1.91. The lowest BCUT2D eigenvalue weighted by Crippen LogP contribution is -2.30. The molecule has 0 aliphatic carbocycles. The Morgan fingerprint density at radius 3 is 2.76 bits per heavy atom. The summed E-state index contributed by atoms with van der Waals surface area (Å²) in [6.07, 6.45) is 2.93. The maximum absolute atomic E-state index is 12.4. The summed E-state index contributed by atoms with van der Waals surface area (Å²) in [4.78, 5) is 20.8. The van der Waals surface area contributed by atoms with Crippen LogP contribution in [-0.4, -0.2) is 30.8 Å². The zero-order valence-electron chi connectivity index (χ0n) is 15.0. The first-order valence-electron chi connectivity index (χ1n) is 8.44. The molecule has 0 saturated heterocycles. The molecule has 0 spiro atoms. The number of hydrazine groups is 1. The van der Waals surface area contributed by atoms with Gasteiger partial charge in [-0.2, -0.15) is 5.10 Å². The molecule has 29 heavy (non-hydrogen) atoms. The lowest BCUT2D eigenvalue weighted by atomic mass is 10.2. The van der Waals surface area contributed by atoms with Crippen molar-refractivity contribution < 1.29 is 9.90 Å². The monoisotopic (exact) mass is 428 g/mol. The van der Waals surface area contributed by atoms with Crippen molar-refractivity contribution in [3.63, 3.8) is 0 Å². The van der Waals surface area contributed by atoms with Gasteiger partial charge in [0.2, 0.25) is 0 Å². The molecular formula is C19H14Cl2N6O2. The standard InChI is InChI=1S/C19H14Cl2N6O2/c1-10-2-4-12(7-15(10)21)27-18-14(8-24-27)17(22-9-23-18)25-26-19(29)13-6-11(20)3-5-16(13)28/h2-9,28H,1H3,(H,26,29)(H,22,23,25). The molecule has 3 N–H and O–H groups in total. The van der Waals surface area contributed by atoms with Crippen molar-refractivity contribution >= 4 is 46.0 Å². The maximum Gasteiger partial charge on any atom is 0.273 e. The Hall–Kier alpha value is -3.36. The zero-order chi connectivity index (χ0) is 20.5. The quantitative estimate of drug-likeness (QED) is 0.425. The first kappa shape index (κ1) is 19.0. The summed E-state index contributed by atoms with van der Waals surface area (Å²) in [7, 11) is 0. The van der Waals surface area contributed by atoms with Crippen molar-refractivity contribution in [3.8, 4) is 11.4 Å². The average molecular weight is 429 g/mol. The number of aromatic nitrogens is 4. The molecule has 4 aromatic rings. The molecule has 0 unspecified atom stereocenters. The van der Waals surface area contributed by atoms with E-state index >= 15 is 0 Å². The highest BCUT2D eigenvalue weighted by Crippen LogP contribution is 2.25. The number of carbonyl (C=O) groups excluding carboxylic acids is 1. The normalized spacial score (nSPS) is 10.9. The smallest absolute Gasteiger partial charge is 0.273 e. The van der Waals surface area contributed by atoms with Crippen LogP contribution in [0, 0.1) is 6.92 Å². The Labute approximate surface area is 175 Å². The van der Waals surface area contributed by atoms with Gasteiger partial charge < -0.3 is 5.11 Å². The fourth-order valence-corrected chi connectivity index (χ4v) is 3.07. The number of amides is 1. The third-order valence-electron chi connectivity index (χ3n) is 4.26. The Morgan fingerprint density at radius 1 is 1.14 bits per heavy atom. The highest BCUT2D eigenvalue weighted by molar-refractivity contribution is 6.31. The Kier molecular flexibility index (Phi) is 4.96. The third-order valence-corrected chi connectivity index (χ3v) is 4.91. The van der Waals surface area contributed by atoms with Gasteiger partial charge >= 0.3 is 0 Å². The predicted molar refractivity (Wildman–Crippen MR) is 111 cm³/mol. The second-order valence-electron chi connectivity index (χ2n) is 6.19. The number of anilines is 1. The van der Waals surface area contributed by atoms with E-state index in [4.69, 9.17) is 23.2 Å². The number of nitrogens with one attached hydrogen (secondary N) is 2. The number of carbonyl (C=O) groups is 1. The summed E-state index contributed by atoms with van der Waals surface area (Å²) in [5.41, 5.74) is 7.47. The van der Waals surface area contributed by atoms with Crippen LogP contribution in [0.1, 0.15) is 15.9 Å². The van der Waals surface area contributed by atoms with Crippen molar-refractivity contribution in [3.05, 3.63) is 70.1 Å². The van der Waals surface area contributed by atoms with Gasteiger partial charge in [-0.1, -0.05) is 29.3 Å². The molecule has 2 heterocycles. The van der Waals surface area contributed by atoms with E-state index in [0.29, 0.717) is 26.9 Å². The van der Waals surface area contributed by atoms with Gasteiger partial charge in [-0.3, -0.25) is 15.6 Å². The number of phenols is 1. The molecule has 0 fully saturated rings. The largest absolute Gasteiger partial charge is 0.507 e. The molecule has 0 bridgehead atoms. The maximum atomic E-state index is 12.4. The Balaban J connectivity index is 1.62. The molecule has 2 aromatic heterocycles. The van der Waals surface area contributed by atoms with Gasteiger partial charge in [-0.15, -0.1) is 0 Å². The lowest BCUT2D eigenvalue weighted by Gasteiger charge is -2.10. The fraction of sp³-hybridized carbons (Fsp3) is 0.0526. The van der Waals surface area contributed by atoms with Crippen molar-refractivity contribution in [1.82, 2.24) is 25.2 Å². The van der Waals surface area contributed by atoms with Crippen molar-refractivity contribution in [2.45, 2.75) is 6.92 Å². The summed E-state index contributed by atoms with van der Waals surface area (Å²) < 4.78 is 1.62. The number of aromatic hydroxyl groups is 1. The van der Waals surface area contributed by atoms with E-state index in [1.54, 1.807) is 16.9 Å². The number of halogens is 2. The van der Waals surface area contributed by atoms with Crippen LogP contribution in [0.3, 0.4) is 0 Å². The number of rotatable bonds is 4. The number of fused-ring (bicyclic) bond motifs is 1. The van der Waals surface area contributed by atoms with Crippen LogP contribution in [0.2, 0.25) is 10.0 Å². The summed E-state index contributed by atoms with van der Waals surface area (Å²) in [5.74, 6) is -0.422. The molecule has 146 valence electrons. The molecule has 0 aliphatic rings. The van der Waals surface area contributed by atoms with E-state index in [-0.39, 0.29) is 11.3 Å². The van der Waals surface area contributed by atoms with Gasteiger partial charge in [0.05, 0.1) is 22.8 Å². The molecule has 10 heteroatoms. The van der Waals surface area contributed by atoms with Crippen molar-refractivity contribution in [2.75, 3.05) is 5.43 Å². The van der Waals surface area contributed by atoms with Crippen LogP contribution < -0.4 is 10.9 Å². The van der Waals surface area contributed by atoms with Crippen LogP contribution in [0.15, 0.2) is 48.9 Å². The van der Waals surface area contributed by atoms with E-state index in [9.17, 15) is 9.90 Å². The number of hydrogen-bond donors (Lipinski definition) is 3. The van der Waals surface area contributed by atoms with Gasteiger partial charge in [0.1, 0.15) is 12.1 Å². The van der Waals surface area contributed by atoms with Crippen LogP contribution in [-0.2, 0) is 0 Å². The third kappa shape index (κ3) is 3.67. The molecule has 0 aliphatic heterocycles. The van der Waals surface area contributed by atoms with Crippen LogP contribution in [0.4, 0.5) is 5.82 Å².